The van der Waals surface area contributed by atoms with E-state index in [0.717, 1.165) is 28.0 Å². The van der Waals surface area contributed by atoms with Gasteiger partial charge in [0.05, 0.1) is 32.0 Å². The topological polar surface area (TPSA) is 93.6 Å². The Morgan fingerprint density at radius 3 is 2.08 bits per heavy atom. The molecule has 0 fully saturated rings. The Morgan fingerprint density at radius 2 is 1.33 bits per heavy atom. The van der Waals surface area contributed by atoms with Crippen LogP contribution in [0.1, 0.15) is 24.1 Å². The molecule has 2 aliphatic rings. The van der Waals surface area contributed by atoms with Crippen molar-refractivity contribution in [1.29, 1.82) is 0 Å². The number of aliphatic imine (C=N–C) groups is 1. The average Bonchev–Trinajstić information content (AvgIpc) is 3.97. The molecule has 0 N–H and O–H groups in total. The average molecular weight is 682 g/mol. The number of nitrogens with zero attached hydrogens (tertiary/aromatic N) is 5. The molecule has 0 saturated heterocycles. The van der Waals surface area contributed by atoms with Crippen molar-refractivity contribution in [2.45, 2.75) is 18.9 Å². The van der Waals surface area contributed by atoms with Gasteiger partial charge in [0.25, 0.3) is 0 Å². The fraction of sp³-hybridized carbons (Fsp3) is 0.0500. The van der Waals surface area contributed by atoms with E-state index >= 15 is 0 Å². The van der Waals surface area contributed by atoms with Crippen LogP contribution in [0.3, 0.4) is 0 Å². The van der Waals surface area contributed by atoms with Crippen molar-refractivity contribution >= 4 is 71.4 Å². The van der Waals surface area contributed by atoms with Crippen LogP contribution in [0.25, 0.3) is 31.8 Å². The lowest BCUT2D eigenvalue weighted by Crippen LogP contribution is -1.91. The molecule has 49 heavy (non-hydrogen) atoms. The first kappa shape index (κ1) is 34.6. The highest BCUT2D eigenvalue weighted by Crippen LogP contribution is 2.21. The quantitative estimate of drug-likeness (QED) is 0.149. The summed E-state index contributed by atoms with van der Waals surface area (Å²) < 4.78 is 25.5. The van der Waals surface area contributed by atoms with Gasteiger partial charge in [-0.1, -0.05) is 110 Å². The molecule has 3 aromatic heterocycles. The lowest BCUT2D eigenvalue weighted by molar-refractivity contribution is 0.456. The second-order valence-electron chi connectivity index (χ2n) is 10.5. The molecule has 0 bridgehead atoms. The van der Waals surface area contributed by atoms with Gasteiger partial charge in [0.15, 0.2) is 5.58 Å². The minimum Gasteiger partial charge on any atom is -0.356 e. The summed E-state index contributed by atoms with van der Waals surface area (Å²) in [5.74, 6) is 3.54. The molecular weight excluding hydrogens is 647 g/mol. The summed E-state index contributed by atoms with van der Waals surface area (Å²) in [5.41, 5.74) is 4.39. The minimum absolute atomic E-state index is 0. The molecule has 8 aromatic rings. The van der Waals surface area contributed by atoms with Crippen molar-refractivity contribution in [3.8, 4) is 0 Å². The summed E-state index contributed by atoms with van der Waals surface area (Å²) in [7, 11) is -2.34. The number of hydrogen-bond donors (Lipinski definition) is 0. The third kappa shape index (κ3) is 9.19. The monoisotopic (exact) mass is 681 g/mol. The van der Waals surface area contributed by atoms with Crippen LogP contribution in [0.2, 0.25) is 0 Å². The number of hydrogen-bond acceptors (Lipinski definition) is 7. The first-order chi connectivity index (χ1) is 23.6. The SMILES string of the molecule is C.C1=NCc2ccccc21.C=S1(=O)N=Cc2ccccc21.c1ccc2cnccc2c1.c1ccc2oncc2c1.c1ccc2sncc2c1. The standard InChI is InChI=1S/C9H7N.C8H7NOS.C8H7N.C7H5NO.C7H5NS.CH4/c1-2-4-9-7-10-6-5-8(9)3-1;1-11(10)8-5-3-2-4-7(8)6-9-11;1-2-4-8-6-9-5-7(8)3-1;2*1-2-4-7-6(3-1)5-8-9-7;/h1-7H;2-6H,1H2;1-5H,6H2;2*1-5H;1H4. The fourth-order valence-electron chi connectivity index (χ4n) is 4.77. The zero-order chi connectivity index (χ0) is 33.0. The van der Waals surface area contributed by atoms with E-state index in [0.29, 0.717) is 0 Å². The molecule has 9 heteroatoms. The van der Waals surface area contributed by atoms with Gasteiger partial charge in [0, 0.05) is 47.4 Å². The Morgan fingerprint density at radius 1 is 0.653 bits per heavy atom. The number of pyridine rings is 1. The third-order valence-corrected chi connectivity index (χ3v) is 9.53. The Balaban J connectivity index is 0.000000119. The molecule has 244 valence electrons. The minimum atomic E-state index is -2.34. The van der Waals surface area contributed by atoms with E-state index in [2.05, 4.69) is 66.2 Å². The van der Waals surface area contributed by atoms with Gasteiger partial charge in [-0.3, -0.25) is 9.98 Å². The Bertz CT molecular complexity index is 2240. The molecule has 0 amide bonds. The zero-order valence-electron chi connectivity index (χ0n) is 25.9. The van der Waals surface area contributed by atoms with Crippen LogP contribution >= 0.6 is 11.5 Å². The van der Waals surface area contributed by atoms with Crippen LogP contribution in [0.5, 0.6) is 0 Å². The maximum atomic E-state index is 11.5. The van der Waals surface area contributed by atoms with Gasteiger partial charge < -0.3 is 4.52 Å². The molecule has 7 nitrogen and oxygen atoms in total. The summed E-state index contributed by atoms with van der Waals surface area (Å²) in [6.45, 7) is 0.871. The van der Waals surface area contributed by atoms with E-state index in [1.165, 1.54) is 43.5 Å². The first-order valence-electron chi connectivity index (χ1n) is 15.0. The summed E-state index contributed by atoms with van der Waals surface area (Å²) in [4.78, 5) is 8.89. The molecule has 2 aliphatic heterocycles. The highest BCUT2D eigenvalue weighted by atomic mass is 32.2. The number of rotatable bonds is 0. The van der Waals surface area contributed by atoms with Crippen molar-refractivity contribution in [2.75, 3.05) is 0 Å². The second kappa shape index (κ2) is 16.9. The predicted octanol–water partition coefficient (Wildman–Crippen LogP) is 9.72. The van der Waals surface area contributed by atoms with Gasteiger partial charge in [-0.2, -0.15) is 8.77 Å². The molecule has 5 aromatic carbocycles. The Hall–Kier alpha value is -5.77. The Labute approximate surface area is 290 Å². The van der Waals surface area contributed by atoms with Gasteiger partial charge in [-0.05, 0) is 69.6 Å². The van der Waals surface area contributed by atoms with Crippen LogP contribution < -0.4 is 0 Å². The van der Waals surface area contributed by atoms with Crippen LogP contribution in [0.4, 0.5) is 0 Å². The second-order valence-corrected chi connectivity index (χ2v) is 13.3. The van der Waals surface area contributed by atoms with Crippen LogP contribution in [0, 0.1) is 0 Å². The molecule has 0 spiro atoms. The molecular formula is C40H35N5O2S2. The highest BCUT2D eigenvalue weighted by molar-refractivity contribution is 7.99. The fourth-order valence-corrected chi connectivity index (χ4v) is 6.59. The lowest BCUT2D eigenvalue weighted by Gasteiger charge is -1.97. The number of para-hydroxylation sites is 1. The Kier molecular flexibility index (Phi) is 11.9. The van der Waals surface area contributed by atoms with Gasteiger partial charge in [0.1, 0.15) is 0 Å². The van der Waals surface area contributed by atoms with Crippen LogP contribution in [0.15, 0.2) is 171 Å². The number of fused-ring (bicyclic) bond motifs is 5. The first-order valence-corrected chi connectivity index (χ1v) is 17.5. The van der Waals surface area contributed by atoms with Crippen molar-refractivity contribution in [3.05, 3.63) is 169 Å². The maximum absolute atomic E-state index is 11.5. The van der Waals surface area contributed by atoms with E-state index in [-0.39, 0.29) is 7.43 Å². The van der Waals surface area contributed by atoms with Gasteiger partial charge in [-0.25, -0.2) is 4.21 Å². The van der Waals surface area contributed by atoms with E-state index in [4.69, 9.17) is 4.52 Å². The molecule has 5 heterocycles. The van der Waals surface area contributed by atoms with Crippen LogP contribution in [-0.2, 0) is 16.3 Å². The summed E-state index contributed by atoms with van der Waals surface area (Å²) in [5, 5.41) is 8.36. The van der Waals surface area contributed by atoms with Gasteiger partial charge in [0.2, 0.25) is 0 Å². The number of benzene rings is 5. The molecule has 1 atom stereocenters. The van der Waals surface area contributed by atoms with Crippen molar-refractivity contribution in [2.24, 2.45) is 9.39 Å². The van der Waals surface area contributed by atoms with Gasteiger partial charge >= 0.3 is 0 Å². The largest absolute Gasteiger partial charge is 0.356 e. The smallest absolute Gasteiger partial charge is 0.166 e. The molecule has 0 saturated carbocycles. The van der Waals surface area contributed by atoms with Crippen molar-refractivity contribution in [3.63, 3.8) is 0 Å². The van der Waals surface area contributed by atoms with E-state index in [9.17, 15) is 4.21 Å². The molecule has 10 rings (SSSR count). The highest BCUT2D eigenvalue weighted by Gasteiger charge is 2.14. The summed E-state index contributed by atoms with van der Waals surface area (Å²) >= 11 is 1.54. The molecule has 1 unspecified atom stereocenters. The summed E-state index contributed by atoms with van der Waals surface area (Å²) in [6.07, 6.45) is 10.8. The summed E-state index contributed by atoms with van der Waals surface area (Å²) in [6, 6.07) is 41.8. The normalized spacial score (nSPS) is 14.4. The molecule has 0 radical (unpaired) electrons. The van der Waals surface area contributed by atoms with Crippen LogP contribution in [-0.4, -0.2) is 37.0 Å². The van der Waals surface area contributed by atoms with E-state index in [1.807, 2.05) is 110 Å². The lowest BCUT2D eigenvalue weighted by atomic mass is 10.1. The predicted molar refractivity (Wildman–Crippen MR) is 207 cm³/mol. The third-order valence-electron chi connectivity index (χ3n) is 7.25. The maximum Gasteiger partial charge on any atom is 0.166 e. The van der Waals surface area contributed by atoms with Gasteiger partial charge in [-0.15, -0.1) is 0 Å². The number of aromatic nitrogens is 3. The van der Waals surface area contributed by atoms with E-state index in [1.54, 1.807) is 18.5 Å². The molecule has 0 aliphatic carbocycles. The van der Waals surface area contributed by atoms with Crippen molar-refractivity contribution in [1.82, 2.24) is 14.5 Å². The van der Waals surface area contributed by atoms with Crippen molar-refractivity contribution < 1.29 is 8.73 Å². The van der Waals surface area contributed by atoms with E-state index < -0.39 is 9.71 Å². The zero-order valence-corrected chi connectivity index (χ0v) is 27.5.